The van der Waals surface area contributed by atoms with Crippen LogP contribution in [0.3, 0.4) is 0 Å². The molecule has 4 aliphatic rings. The first-order valence-electron chi connectivity index (χ1n) is 14.3. The van der Waals surface area contributed by atoms with Crippen molar-refractivity contribution in [2.45, 2.75) is 131 Å². The summed E-state index contributed by atoms with van der Waals surface area (Å²) < 4.78 is 5.99. The van der Waals surface area contributed by atoms with Crippen molar-refractivity contribution >= 4 is 0 Å². The van der Waals surface area contributed by atoms with Crippen LogP contribution in [-0.4, -0.2) is 35.1 Å². The molecule has 0 bridgehead atoms. The molecule has 3 saturated carbocycles. The van der Waals surface area contributed by atoms with E-state index in [9.17, 15) is 10.2 Å². The zero-order chi connectivity index (χ0) is 25.3. The molecule has 0 aromatic rings. The van der Waals surface area contributed by atoms with Gasteiger partial charge in [0, 0.05) is 7.11 Å². The number of hydrogen-bond acceptors (Lipinski definition) is 3. The molecule has 0 aromatic carbocycles. The Labute approximate surface area is 210 Å². The molecule has 0 amide bonds. The summed E-state index contributed by atoms with van der Waals surface area (Å²) in [5.74, 6) is 2.17. The fourth-order valence-electron chi connectivity index (χ4n) is 10.0. The van der Waals surface area contributed by atoms with E-state index >= 15 is 0 Å². The van der Waals surface area contributed by atoms with Crippen LogP contribution in [0.25, 0.3) is 0 Å². The standard InChI is InChI=1S/C31H54O3/c1-20(24(32)14-16-27(2,3)33)21-12-18-31(8)23-10-11-25-28(4,5)26(34-9)15-17-29(25,6)22(23)13-19-30(21,31)7/h13,20-21,23-26,32-33H,10-12,14-19H2,1-9H3/t20-,21+,23+,24+,25-,26-,29+,30+,31-/m0/s1. The van der Waals surface area contributed by atoms with E-state index in [-0.39, 0.29) is 22.9 Å². The second-order valence-corrected chi connectivity index (χ2v) is 14.8. The lowest BCUT2D eigenvalue weighted by Gasteiger charge is -2.64. The summed E-state index contributed by atoms with van der Waals surface area (Å²) >= 11 is 0. The molecule has 4 rings (SSSR count). The topological polar surface area (TPSA) is 49.7 Å². The first kappa shape index (κ1) is 26.7. The van der Waals surface area contributed by atoms with Crippen molar-refractivity contribution in [3.8, 4) is 0 Å². The molecule has 0 spiro atoms. The van der Waals surface area contributed by atoms with Gasteiger partial charge in [0.1, 0.15) is 0 Å². The average molecular weight is 475 g/mol. The molecule has 0 heterocycles. The van der Waals surface area contributed by atoms with Gasteiger partial charge < -0.3 is 14.9 Å². The average Bonchev–Trinajstić information content (AvgIpc) is 3.02. The molecular formula is C31H54O3. The van der Waals surface area contributed by atoms with Crippen molar-refractivity contribution in [3.05, 3.63) is 11.6 Å². The number of ether oxygens (including phenoxy) is 1. The first-order valence-corrected chi connectivity index (χ1v) is 14.3. The second-order valence-electron chi connectivity index (χ2n) is 14.8. The molecule has 4 aliphatic carbocycles. The zero-order valence-electron chi connectivity index (χ0n) is 23.7. The van der Waals surface area contributed by atoms with E-state index in [2.05, 4.69) is 47.6 Å². The summed E-state index contributed by atoms with van der Waals surface area (Å²) in [4.78, 5) is 0. The fourth-order valence-corrected chi connectivity index (χ4v) is 10.0. The van der Waals surface area contributed by atoms with Crippen LogP contribution in [0.15, 0.2) is 11.6 Å². The Bertz CT molecular complexity index is 793. The lowest BCUT2D eigenvalue weighted by atomic mass is 9.41. The maximum absolute atomic E-state index is 11.1. The van der Waals surface area contributed by atoms with E-state index in [0.717, 1.165) is 6.42 Å². The van der Waals surface area contributed by atoms with Crippen LogP contribution < -0.4 is 0 Å². The van der Waals surface area contributed by atoms with Crippen molar-refractivity contribution in [1.82, 2.24) is 0 Å². The predicted octanol–water partition coefficient (Wildman–Crippen LogP) is 7.15. The highest BCUT2D eigenvalue weighted by Crippen LogP contribution is 2.73. The number of aliphatic hydroxyl groups is 2. The molecule has 34 heavy (non-hydrogen) atoms. The fraction of sp³-hybridized carbons (Fsp3) is 0.935. The molecule has 0 radical (unpaired) electrons. The van der Waals surface area contributed by atoms with Gasteiger partial charge in [-0.3, -0.25) is 0 Å². The van der Waals surface area contributed by atoms with Gasteiger partial charge in [-0.1, -0.05) is 53.2 Å². The molecule has 2 N–H and O–H groups in total. The maximum Gasteiger partial charge on any atom is 0.0625 e. The minimum Gasteiger partial charge on any atom is -0.393 e. The van der Waals surface area contributed by atoms with E-state index in [4.69, 9.17) is 4.74 Å². The summed E-state index contributed by atoms with van der Waals surface area (Å²) in [7, 11) is 1.91. The maximum atomic E-state index is 11.1. The molecular weight excluding hydrogens is 420 g/mol. The van der Waals surface area contributed by atoms with Crippen molar-refractivity contribution in [1.29, 1.82) is 0 Å². The van der Waals surface area contributed by atoms with Gasteiger partial charge in [-0.25, -0.2) is 0 Å². The lowest BCUT2D eigenvalue weighted by molar-refractivity contribution is -0.131. The Hall–Kier alpha value is -0.380. The minimum absolute atomic E-state index is 0.215. The SMILES string of the molecule is CO[C@H]1CC[C@]2(C)C3=CC[C@]4(C)[C@@H]([C@H](C)[C@H](O)CCC(C)(C)O)CC[C@@]4(C)[C@@H]3CC[C@H]2C1(C)C. The van der Waals surface area contributed by atoms with E-state index in [1.54, 1.807) is 5.57 Å². The zero-order valence-corrected chi connectivity index (χ0v) is 23.7. The van der Waals surface area contributed by atoms with Gasteiger partial charge in [0.2, 0.25) is 0 Å². The second kappa shape index (κ2) is 8.59. The van der Waals surface area contributed by atoms with E-state index in [1.165, 1.54) is 38.5 Å². The highest BCUT2D eigenvalue weighted by molar-refractivity contribution is 5.32. The summed E-state index contributed by atoms with van der Waals surface area (Å²) in [5, 5.41) is 21.3. The van der Waals surface area contributed by atoms with Crippen LogP contribution in [0.4, 0.5) is 0 Å². The van der Waals surface area contributed by atoms with Crippen molar-refractivity contribution < 1.29 is 14.9 Å². The van der Waals surface area contributed by atoms with E-state index in [0.29, 0.717) is 47.5 Å². The molecule has 0 unspecified atom stereocenters. The van der Waals surface area contributed by atoms with Gasteiger partial charge in [0.25, 0.3) is 0 Å². The Morgan fingerprint density at radius 1 is 1.03 bits per heavy atom. The summed E-state index contributed by atoms with van der Waals surface area (Å²) in [6.45, 7) is 18.7. The van der Waals surface area contributed by atoms with Gasteiger partial charge in [-0.05, 0) is 117 Å². The summed E-state index contributed by atoms with van der Waals surface area (Å²) in [5.41, 5.74) is 2.12. The third-order valence-corrected chi connectivity index (χ3v) is 12.4. The monoisotopic (exact) mass is 474 g/mol. The third kappa shape index (κ3) is 3.86. The summed E-state index contributed by atoms with van der Waals surface area (Å²) in [6.07, 6.45) is 12.8. The van der Waals surface area contributed by atoms with Crippen molar-refractivity contribution in [3.63, 3.8) is 0 Å². The number of hydrogen-bond donors (Lipinski definition) is 2. The third-order valence-electron chi connectivity index (χ3n) is 12.4. The molecule has 0 aliphatic heterocycles. The Balaban J connectivity index is 1.61. The van der Waals surface area contributed by atoms with Gasteiger partial charge in [-0.2, -0.15) is 0 Å². The highest BCUT2D eigenvalue weighted by atomic mass is 16.5. The van der Waals surface area contributed by atoms with Crippen molar-refractivity contribution in [2.75, 3.05) is 7.11 Å². The smallest absolute Gasteiger partial charge is 0.0625 e. The normalized spacial score (nSPS) is 45.6. The van der Waals surface area contributed by atoms with Crippen LogP contribution in [-0.2, 0) is 4.74 Å². The Morgan fingerprint density at radius 3 is 2.32 bits per heavy atom. The van der Waals surface area contributed by atoms with Crippen LogP contribution in [0.1, 0.15) is 113 Å². The highest BCUT2D eigenvalue weighted by Gasteiger charge is 2.65. The van der Waals surface area contributed by atoms with Gasteiger partial charge in [0.05, 0.1) is 17.8 Å². The molecule has 3 fully saturated rings. The first-order chi connectivity index (χ1) is 15.6. The van der Waals surface area contributed by atoms with Gasteiger partial charge >= 0.3 is 0 Å². The van der Waals surface area contributed by atoms with Crippen LogP contribution in [0, 0.1) is 45.3 Å². The number of fused-ring (bicyclic) bond motifs is 5. The minimum atomic E-state index is -0.707. The van der Waals surface area contributed by atoms with Crippen LogP contribution in [0.5, 0.6) is 0 Å². The predicted molar refractivity (Wildman–Crippen MR) is 140 cm³/mol. The van der Waals surface area contributed by atoms with E-state index < -0.39 is 5.60 Å². The molecule has 0 saturated heterocycles. The van der Waals surface area contributed by atoms with Gasteiger partial charge in [-0.15, -0.1) is 0 Å². The summed E-state index contributed by atoms with van der Waals surface area (Å²) in [6, 6.07) is 0. The van der Waals surface area contributed by atoms with E-state index in [1.807, 2.05) is 21.0 Å². The number of rotatable bonds is 6. The molecule has 0 aromatic heterocycles. The number of aliphatic hydroxyl groups excluding tert-OH is 1. The van der Waals surface area contributed by atoms with Crippen LogP contribution >= 0.6 is 0 Å². The number of methoxy groups -OCH3 is 1. The quantitative estimate of drug-likeness (QED) is 0.402. The Kier molecular flexibility index (Phi) is 6.74. The van der Waals surface area contributed by atoms with Crippen LogP contribution in [0.2, 0.25) is 0 Å². The Morgan fingerprint density at radius 2 is 1.71 bits per heavy atom. The molecule has 3 nitrogen and oxygen atoms in total. The van der Waals surface area contributed by atoms with Gasteiger partial charge in [0.15, 0.2) is 0 Å². The molecule has 196 valence electrons. The largest absolute Gasteiger partial charge is 0.393 e. The lowest BCUT2D eigenvalue weighted by Crippen LogP contribution is -2.58. The molecule has 3 heteroatoms. The molecule has 9 atom stereocenters. The number of allylic oxidation sites excluding steroid dienone is 2. The van der Waals surface area contributed by atoms with Crippen molar-refractivity contribution in [2.24, 2.45) is 45.3 Å².